The highest BCUT2D eigenvalue weighted by Gasteiger charge is 2.26. The van der Waals surface area contributed by atoms with Crippen LogP contribution in [0.5, 0.6) is 0 Å². The Labute approximate surface area is 129 Å². The van der Waals surface area contributed by atoms with Gasteiger partial charge in [0.2, 0.25) is 0 Å². The maximum Gasteiger partial charge on any atom is 0.0713 e. The minimum atomic E-state index is 0.338. The Morgan fingerprint density at radius 3 is 2.90 bits per heavy atom. The average Bonchev–Trinajstić information content (AvgIpc) is 2.74. The van der Waals surface area contributed by atoms with E-state index < -0.39 is 0 Å². The van der Waals surface area contributed by atoms with Crippen molar-refractivity contribution in [2.24, 2.45) is 5.73 Å². The van der Waals surface area contributed by atoms with Crippen molar-refractivity contribution in [3.05, 3.63) is 35.4 Å². The number of ether oxygens (including phenoxy) is 1. The number of rotatable bonds is 6. The third-order valence-electron chi connectivity index (χ3n) is 4.66. The number of nitrogens with zero attached hydrogens (tertiary/aromatic N) is 1. The van der Waals surface area contributed by atoms with Gasteiger partial charge in [-0.1, -0.05) is 44.0 Å². The Hall–Kier alpha value is -0.900. The van der Waals surface area contributed by atoms with Gasteiger partial charge in [-0.3, -0.25) is 4.90 Å². The van der Waals surface area contributed by atoms with Gasteiger partial charge in [0.15, 0.2) is 0 Å². The summed E-state index contributed by atoms with van der Waals surface area (Å²) in [7, 11) is 1.75. The van der Waals surface area contributed by atoms with Crippen molar-refractivity contribution in [3.63, 3.8) is 0 Å². The second-order valence-electron chi connectivity index (χ2n) is 6.08. The molecule has 118 valence electrons. The van der Waals surface area contributed by atoms with Crippen molar-refractivity contribution >= 4 is 0 Å². The lowest BCUT2D eigenvalue weighted by atomic mass is 9.99. The topological polar surface area (TPSA) is 38.5 Å². The van der Waals surface area contributed by atoms with Crippen molar-refractivity contribution < 1.29 is 4.74 Å². The molecule has 1 fully saturated rings. The van der Waals surface area contributed by atoms with Crippen LogP contribution in [0, 0.1) is 0 Å². The van der Waals surface area contributed by atoms with Gasteiger partial charge in [-0.2, -0.15) is 0 Å². The van der Waals surface area contributed by atoms with E-state index in [1.54, 1.807) is 7.11 Å². The van der Waals surface area contributed by atoms with Crippen molar-refractivity contribution in [2.45, 2.75) is 57.7 Å². The molecule has 1 aromatic rings. The van der Waals surface area contributed by atoms with E-state index in [1.807, 2.05) is 0 Å². The SMILES string of the molecule is CCC1CCCCCN1C(CN)c1cccc(COC)c1. The summed E-state index contributed by atoms with van der Waals surface area (Å²) in [6.07, 6.45) is 6.54. The second kappa shape index (κ2) is 8.52. The second-order valence-corrected chi connectivity index (χ2v) is 6.08. The predicted octanol–water partition coefficient (Wildman–Crippen LogP) is 3.49. The van der Waals surface area contributed by atoms with Crippen molar-refractivity contribution in [3.8, 4) is 0 Å². The molecule has 0 aromatic heterocycles. The average molecular weight is 290 g/mol. The van der Waals surface area contributed by atoms with Gasteiger partial charge in [0.05, 0.1) is 6.61 Å². The van der Waals surface area contributed by atoms with Gasteiger partial charge < -0.3 is 10.5 Å². The molecule has 2 rings (SSSR count). The van der Waals surface area contributed by atoms with Crippen LogP contribution in [0.2, 0.25) is 0 Å². The molecule has 1 aromatic carbocycles. The first kappa shape index (κ1) is 16.5. The Morgan fingerprint density at radius 1 is 1.33 bits per heavy atom. The van der Waals surface area contributed by atoms with Crippen LogP contribution in [0.3, 0.4) is 0 Å². The Kier molecular flexibility index (Phi) is 6.68. The number of hydrogen-bond donors (Lipinski definition) is 1. The summed E-state index contributed by atoms with van der Waals surface area (Å²) in [5.41, 5.74) is 8.73. The molecule has 0 saturated carbocycles. The largest absolute Gasteiger partial charge is 0.380 e. The Bertz CT molecular complexity index is 421. The van der Waals surface area contributed by atoms with Crippen LogP contribution in [0.15, 0.2) is 24.3 Å². The smallest absolute Gasteiger partial charge is 0.0713 e. The van der Waals surface area contributed by atoms with E-state index in [4.69, 9.17) is 10.5 Å². The number of likely N-dealkylation sites (tertiary alicyclic amines) is 1. The van der Waals surface area contributed by atoms with Gasteiger partial charge in [-0.15, -0.1) is 0 Å². The molecule has 0 radical (unpaired) electrons. The summed E-state index contributed by atoms with van der Waals surface area (Å²) in [6, 6.07) is 9.75. The van der Waals surface area contributed by atoms with Crippen LogP contribution in [-0.2, 0) is 11.3 Å². The highest BCUT2D eigenvalue weighted by molar-refractivity contribution is 5.26. The maximum absolute atomic E-state index is 6.15. The van der Waals surface area contributed by atoms with Gasteiger partial charge in [-0.25, -0.2) is 0 Å². The van der Waals surface area contributed by atoms with Gasteiger partial charge in [0, 0.05) is 25.7 Å². The monoisotopic (exact) mass is 290 g/mol. The quantitative estimate of drug-likeness (QED) is 0.871. The molecule has 3 nitrogen and oxygen atoms in total. The van der Waals surface area contributed by atoms with E-state index in [-0.39, 0.29) is 0 Å². The van der Waals surface area contributed by atoms with E-state index in [2.05, 4.69) is 36.1 Å². The van der Waals surface area contributed by atoms with Crippen molar-refractivity contribution in [1.29, 1.82) is 0 Å². The molecule has 1 heterocycles. The van der Waals surface area contributed by atoms with E-state index in [0.717, 1.165) is 0 Å². The molecule has 2 N–H and O–H groups in total. The summed E-state index contributed by atoms with van der Waals surface area (Å²) < 4.78 is 5.26. The molecule has 0 amide bonds. The van der Waals surface area contributed by atoms with Crippen LogP contribution in [0.1, 0.15) is 56.2 Å². The number of hydrogen-bond acceptors (Lipinski definition) is 3. The van der Waals surface area contributed by atoms with Gasteiger partial charge in [0.25, 0.3) is 0 Å². The number of methoxy groups -OCH3 is 1. The van der Waals surface area contributed by atoms with Crippen LogP contribution in [0.25, 0.3) is 0 Å². The van der Waals surface area contributed by atoms with Gasteiger partial charge in [0.1, 0.15) is 0 Å². The summed E-state index contributed by atoms with van der Waals surface area (Å²) in [6.45, 7) is 4.84. The summed E-state index contributed by atoms with van der Waals surface area (Å²) >= 11 is 0. The summed E-state index contributed by atoms with van der Waals surface area (Å²) in [5, 5.41) is 0. The molecule has 1 aliphatic heterocycles. The van der Waals surface area contributed by atoms with Gasteiger partial charge >= 0.3 is 0 Å². The molecule has 2 unspecified atom stereocenters. The lowest BCUT2D eigenvalue weighted by Gasteiger charge is -2.36. The standard InChI is InChI=1S/C18H30N2O/c1-3-17-10-5-4-6-11-20(17)18(13-19)16-9-7-8-15(12-16)14-21-2/h7-9,12,17-18H,3-6,10-11,13-14,19H2,1-2H3. The third-order valence-corrected chi connectivity index (χ3v) is 4.66. The molecule has 0 spiro atoms. The number of nitrogens with two attached hydrogens (primary N) is 1. The van der Waals surface area contributed by atoms with Crippen LogP contribution in [0.4, 0.5) is 0 Å². The van der Waals surface area contributed by atoms with Crippen molar-refractivity contribution in [2.75, 3.05) is 20.2 Å². The fourth-order valence-corrected chi connectivity index (χ4v) is 3.57. The first-order valence-corrected chi connectivity index (χ1v) is 8.33. The molecular weight excluding hydrogens is 260 g/mol. The van der Waals surface area contributed by atoms with Crippen molar-refractivity contribution in [1.82, 2.24) is 4.90 Å². The van der Waals surface area contributed by atoms with E-state index >= 15 is 0 Å². The normalized spacial score (nSPS) is 22.0. The van der Waals surface area contributed by atoms with Crippen LogP contribution < -0.4 is 5.73 Å². The Morgan fingerprint density at radius 2 is 2.19 bits per heavy atom. The zero-order valence-corrected chi connectivity index (χ0v) is 13.6. The Balaban J connectivity index is 2.22. The molecule has 3 heteroatoms. The van der Waals surface area contributed by atoms with Crippen LogP contribution >= 0.6 is 0 Å². The lowest BCUT2D eigenvalue weighted by Crippen LogP contribution is -2.41. The molecule has 2 atom stereocenters. The molecule has 0 bridgehead atoms. The maximum atomic E-state index is 6.15. The van der Waals surface area contributed by atoms with Crippen LogP contribution in [-0.4, -0.2) is 31.1 Å². The molecule has 1 aliphatic rings. The molecular formula is C18H30N2O. The summed E-state index contributed by atoms with van der Waals surface area (Å²) in [5.74, 6) is 0. The molecule has 0 aliphatic carbocycles. The van der Waals surface area contributed by atoms with E-state index in [0.29, 0.717) is 25.2 Å². The fraction of sp³-hybridized carbons (Fsp3) is 0.667. The molecule has 21 heavy (non-hydrogen) atoms. The van der Waals surface area contributed by atoms with E-state index in [1.165, 1.54) is 49.8 Å². The fourth-order valence-electron chi connectivity index (χ4n) is 3.57. The first-order chi connectivity index (χ1) is 10.3. The first-order valence-electron chi connectivity index (χ1n) is 8.33. The highest BCUT2D eigenvalue weighted by Crippen LogP contribution is 2.29. The number of benzene rings is 1. The third kappa shape index (κ3) is 4.29. The summed E-state index contributed by atoms with van der Waals surface area (Å²) in [4.78, 5) is 2.65. The van der Waals surface area contributed by atoms with E-state index in [9.17, 15) is 0 Å². The lowest BCUT2D eigenvalue weighted by molar-refractivity contribution is 0.135. The minimum Gasteiger partial charge on any atom is -0.380 e. The predicted molar refractivity (Wildman–Crippen MR) is 88.2 cm³/mol. The highest BCUT2D eigenvalue weighted by atomic mass is 16.5. The minimum absolute atomic E-state index is 0.338. The zero-order chi connectivity index (χ0) is 15.1. The van der Waals surface area contributed by atoms with Gasteiger partial charge in [-0.05, 0) is 36.9 Å². The zero-order valence-electron chi connectivity index (χ0n) is 13.6. The molecule has 1 saturated heterocycles.